The fraction of sp³-hybridized carbons (Fsp3) is 0.217. The maximum absolute atomic E-state index is 12.9. The zero-order valence-corrected chi connectivity index (χ0v) is 18.2. The molecule has 0 aromatic heterocycles. The molecule has 156 valence electrons. The van der Waals surface area contributed by atoms with Crippen LogP contribution in [0.3, 0.4) is 0 Å². The maximum Gasteiger partial charge on any atom is 0.261 e. The second-order valence-electron chi connectivity index (χ2n) is 7.28. The highest BCUT2D eigenvalue weighted by atomic mass is 35.5. The van der Waals surface area contributed by atoms with Crippen molar-refractivity contribution < 1.29 is 13.2 Å². The normalized spacial score (nSPS) is 16.6. The summed E-state index contributed by atoms with van der Waals surface area (Å²) < 4.78 is 33.9. The molecule has 0 bridgehead atoms. The molecular formula is C23H23ClN2O3S. The molecule has 5 nitrogen and oxygen atoms in total. The van der Waals surface area contributed by atoms with Gasteiger partial charge in [-0.15, -0.1) is 0 Å². The van der Waals surface area contributed by atoms with Gasteiger partial charge in [0.1, 0.15) is 0 Å². The Bertz CT molecular complexity index is 1120. The van der Waals surface area contributed by atoms with Crippen molar-refractivity contribution in [3.8, 4) is 11.1 Å². The molecular weight excluding hydrogens is 420 g/mol. The van der Waals surface area contributed by atoms with Crippen LogP contribution < -0.4 is 9.62 Å². The van der Waals surface area contributed by atoms with Crippen LogP contribution in [0.5, 0.6) is 0 Å². The van der Waals surface area contributed by atoms with Crippen LogP contribution in [0.4, 0.5) is 11.4 Å². The van der Waals surface area contributed by atoms with Crippen LogP contribution in [0, 0.1) is 0 Å². The van der Waals surface area contributed by atoms with Gasteiger partial charge >= 0.3 is 0 Å². The Balaban J connectivity index is 1.50. The van der Waals surface area contributed by atoms with Gasteiger partial charge in [0.2, 0.25) is 0 Å². The molecule has 7 heteroatoms. The minimum absolute atomic E-state index is 0.210. The van der Waals surface area contributed by atoms with Gasteiger partial charge < -0.3 is 9.64 Å². The van der Waals surface area contributed by atoms with E-state index in [4.69, 9.17) is 16.3 Å². The number of methoxy groups -OCH3 is 1. The van der Waals surface area contributed by atoms with Gasteiger partial charge in [-0.1, -0.05) is 35.9 Å². The first kappa shape index (κ1) is 20.7. The van der Waals surface area contributed by atoms with Crippen molar-refractivity contribution >= 4 is 33.0 Å². The van der Waals surface area contributed by atoms with E-state index in [0.29, 0.717) is 10.7 Å². The molecule has 0 aliphatic carbocycles. The number of nitrogens with one attached hydrogen (secondary N) is 1. The first-order chi connectivity index (χ1) is 14.4. The number of anilines is 2. The number of sulfonamides is 1. The standard InChI is InChI=1S/C23H23ClN2O3S/c1-29-22-13-14-26(16-22)21-11-9-20(10-12-21)25-30(27,28)23-4-2-3-18(15-23)17-5-7-19(24)8-6-17/h2-12,15,22,25H,13-14,16H2,1H3. The second kappa shape index (κ2) is 8.68. The molecule has 1 aliphatic heterocycles. The van der Waals surface area contributed by atoms with Gasteiger partial charge in [0, 0.05) is 36.6 Å². The topological polar surface area (TPSA) is 58.6 Å². The summed E-state index contributed by atoms with van der Waals surface area (Å²) in [7, 11) is -1.98. The fourth-order valence-corrected chi connectivity index (χ4v) is 4.82. The van der Waals surface area contributed by atoms with Gasteiger partial charge in [-0.25, -0.2) is 8.42 Å². The SMILES string of the molecule is COC1CCN(c2ccc(NS(=O)(=O)c3cccc(-c4ccc(Cl)cc4)c3)cc2)C1. The highest BCUT2D eigenvalue weighted by molar-refractivity contribution is 7.92. The highest BCUT2D eigenvalue weighted by Gasteiger charge is 2.22. The van der Waals surface area contributed by atoms with Crippen LogP contribution in [-0.2, 0) is 14.8 Å². The third-order valence-corrected chi connectivity index (χ3v) is 6.92. The van der Waals surface area contributed by atoms with Gasteiger partial charge in [-0.2, -0.15) is 0 Å². The minimum Gasteiger partial charge on any atom is -0.380 e. The van der Waals surface area contributed by atoms with Gasteiger partial charge in [0.15, 0.2) is 0 Å². The number of rotatable bonds is 6. The van der Waals surface area contributed by atoms with E-state index in [1.165, 1.54) is 0 Å². The molecule has 1 fully saturated rings. The van der Waals surface area contributed by atoms with Gasteiger partial charge in [-0.3, -0.25) is 4.72 Å². The van der Waals surface area contributed by atoms with Crippen molar-refractivity contribution in [1.82, 2.24) is 0 Å². The number of benzene rings is 3. The minimum atomic E-state index is -3.71. The summed E-state index contributed by atoms with van der Waals surface area (Å²) in [5.74, 6) is 0. The first-order valence-corrected chi connectivity index (χ1v) is 11.6. The third kappa shape index (κ3) is 4.61. The lowest BCUT2D eigenvalue weighted by Gasteiger charge is -2.19. The lowest BCUT2D eigenvalue weighted by molar-refractivity contribution is 0.121. The van der Waals surface area contributed by atoms with E-state index >= 15 is 0 Å². The van der Waals surface area contributed by atoms with Crippen LogP contribution in [0.2, 0.25) is 5.02 Å². The summed E-state index contributed by atoms with van der Waals surface area (Å²) >= 11 is 5.95. The van der Waals surface area contributed by atoms with E-state index in [2.05, 4.69) is 9.62 Å². The van der Waals surface area contributed by atoms with Crippen LogP contribution in [0.25, 0.3) is 11.1 Å². The Labute approximate surface area is 182 Å². The molecule has 0 amide bonds. The zero-order valence-electron chi connectivity index (χ0n) is 16.6. The number of ether oxygens (including phenoxy) is 1. The largest absolute Gasteiger partial charge is 0.380 e. The Kier molecular flexibility index (Phi) is 5.99. The van der Waals surface area contributed by atoms with Crippen molar-refractivity contribution in [3.63, 3.8) is 0 Å². The smallest absolute Gasteiger partial charge is 0.261 e. The summed E-state index contributed by atoms with van der Waals surface area (Å²) in [4.78, 5) is 2.45. The number of hydrogen-bond acceptors (Lipinski definition) is 4. The quantitative estimate of drug-likeness (QED) is 0.581. The van der Waals surface area contributed by atoms with Gasteiger partial charge in [0.05, 0.1) is 11.0 Å². The Morgan fingerprint density at radius 3 is 2.40 bits per heavy atom. The predicted molar refractivity (Wildman–Crippen MR) is 122 cm³/mol. The van der Waals surface area contributed by atoms with E-state index in [1.54, 1.807) is 49.6 Å². The molecule has 3 aromatic rings. The Morgan fingerprint density at radius 1 is 1.00 bits per heavy atom. The fourth-order valence-electron chi connectivity index (χ4n) is 3.59. The van der Waals surface area contributed by atoms with E-state index in [9.17, 15) is 8.42 Å². The first-order valence-electron chi connectivity index (χ1n) is 9.71. The average molecular weight is 443 g/mol. The van der Waals surface area contributed by atoms with E-state index in [-0.39, 0.29) is 11.0 Å². The van der Waals surface area contributed by atoms with Crippen LogP contribution in [0.1, 0.15) is 6.42 Å². The lowest BCUT2D eigenvalue weighted by atomic mass is 10.1. The molecule has 1 atom stereocenters. The molecule has 4 rings (SSSR count). The van der Waals surface area contributed by atoms with Crippen molar-refractivity contribution in [2.45, 2.75) is 17.4 Å². The average Bonchev–Trinajstić information content (AvgIpc) is 3.24. The summed E-state index contributed by atoms with van der Waals surface area (Å²) in [6.07, 6.45) is 1.24. The van der Waals surface area contributed by atoms with Crippen molar-refractivity contribution in [2.24, 2.45) is 0 Å². The second-order valence-corrected chi connectivity index (χ2v) is 9.40. The zero-order chi connectivity index (χ0) is 21.1. The van der Waals surface area contributed by atoms with Gasteiger partial charge in [-0.05, 0) is 66.1 Å². The van der Waals surface area contributed by atoms with E-state index in [1.807, 2.05) is 30.3 Å². The molecule has 1 heterocycles. The summed E-state index contributed by atoms with van der Waals surface area (Å²) in [5, 5.41) is 0.638. The molecule has 1 unspecified atom stereocenters. The monoisotopic (exact) mass is 442 g/mol. The van der Waals surface area contributed by atoms with Gasteiger partial charge in [0.25, 0.3) is 10.0 Å². The summed E-state index contributed by atoms with van der Waals surface area (Å²) in [6.45, 7) is 1.78. The molecule has 0 saturated carbocycles. The summed E-state index contributed by atoms with van der Waals surface area (Å²) in [6, 6.07) is 21.6. The van der Waals surface area contributed by atoms with Crippen molar-refractivity contribution in [3.05, 3.63) is 77.8 Å². The molecule has 1 saturated heterocycles. The van der Waals surface area contributed by atoms with Crippen molar-refractivity contribution in [1.29, 1.82) is 0 Å². The highest BCUT2D eigenvalue weighted by Crippen LogP contribution is 2.27. The lowest BCUT2D eigenvalue weighted by Crippen LogP contribution is -2.22. The summed E-state index contributed by atoms with van der Waals surface area (Å²) in [5.41, 5.74) is 3.30. The molecule has 0 spiro atoms. The maximum atomic E-state index is 12.9. The third-order valence-electron chi connectivity index (χ3n) is 5.28. The Morgan fingerprint density at radius 2 is 1.73 bits per heavy atom. The predicted octanol–water partition coefficient (Wildman–Crippen LogP) is 5.03. The Hall–Kier alpha value is -2.54. The van der Waals surface area contributed by atoms with E-state index in [0.717, 1.165) is 36.3 Å². The van der Waals surface area contributed by atoms with Crippen molar-refractivity contribution in [2.75, 3.05) is 29.8 Å². The van der Waals surface area contributed by atoms with Crippen LogP contribution in [0.15, 0.2) is 77.7 Å². The number of nitrogens with zero attached hydrogens (tertiary/aromatic N) is 1. The molecule has 0 radical (unpaired) electrons. The number of halogens is 1. The molecule has 30 heavy (non-hydrogen) atoms. The molecule has 1 N–H and O–H groups in total. The van der Waals surface area contributed by atoms with E-state index < -0.39 is 10.0 Å². The number of hydrogen-bond donors (Lipinski definition) is 1. The van der Waals surface area contributed by atoms with Crippen LogP contribution >= 0.6 is 11.6 Å². The molecule has 3 aromatic carbocycles. The molecule has 1 aliphatic rings. The van der Waals surface area contributed by atoms with Crippen LogP contribution in [-0.4, -0.2) is 34.7 Å².